The van der Waals surface area contributed by atoms with Crippen LogP contribution in [0, 0.1) is 5.82 Å². The summed E-state index contributed by atoms with van der Waals surface area (Å²) in [6, 6.07) is 12.5. The van der Waals surface area contributed by atoms with Crippen molar-refractivity contribution in [3.05, 3.63) is 87.4 Å². The third-order valence-corrected chi connectivity index (χ3v) is 7.95. The number of halogens is 2. The molecule has 3 aromatic rings. The smallest absolute Gasteiger partial charge is 0.459 e. The molecule has 1 saturated heterocycles. The van der Waals surface area contributed by atoms with E-state index in [0.717, 1.165) is 22.9 Å². The van der Waals surface area contributed by atoms with Crippen LogP contribution < -0.4 is 20.9 Å². The molecular weight excluding hydrogens is 575 g/mol. The van der Waals surface area contributed by atoms with E-state index in [1.807, 2.05) is 4.98 Å². The van der Waals surface area contributed by atoms with Gasteiger partial charge in [-0.05, 0) is 45.4 Å². The van der Waals surface area contributed by atoms with Crippen molar-refractivity contribution in [1.29, 1.82) is 0 Å². The highest BCUT2D eigenvalue weighted by molar-refractivity contribution is 7.52. The van der Waals surface area contributed by atoms with E-state index in [9.17, 15) is 18.9 Å². The molecule has 1 unspecified atom stereocenters. The number of esters is 1. The van der Waals surface area contributed by atoms with Gasteiger partial charge < -0.3 is 14.0 Å². The van der Waals surface area contributed by atoms with Gasteiger partial charge in [0.25, 0.3) is 5.56 Å². The van der Waals surface area contributed by atoms with Crippen LogP contribution in [0.4, 0.5) is 8.78 Å². The number of benzene rings is 2. The zero-order valence-corrected chi connectivity index (χ0v) is 24.3. The highest BCUT2D eigenvalue weighted by Gasteiger charge is 2.48. The average molecular weight is 608 g/mol. The van der Waals surface area contributed by atoms with Crippen molar-refractivity contribution in [2.45, 2.75) is 64.3 Å². The number of hydrogen-bond acceptors (Lipinski definition) is 8. The lowest BCUT2D eigenvalue weighted by atomic mass is 10.0. The maximum Gasteiger partial charge on any atom is 0.459 e. The zero-order chi connectivity index (χ0) is 30.7. The number of carbonyl (C=O) groups excluding carboxylic acids is 1. The van der Waals surface area contributed by atoms with Crippen LogP contribution in [-0.4, -0.2) is 46.0 Å². The van der Waals surface area contributed by atoms with Crippen LogP contribution in [-0.2, 0) is 23.4 Å². The van der Waals surface area contributed by atoms with Gasteiger partial charge in [-0.1, -0.05) is 30.3 Å². The molecule has 2 heterocycles. The molecule has 226 valence electrons. The van der Waals surface area contributed by atoms with Gasteiger partial charge in [0.2, 0.25) is 0 Å². The maximum atomic E-state index is 15.5. The minimum atomic E-state index is -4.44. The summed E-state index contributed by atoms with van der Waals surface area (Å²) in [5.41, 5.74) is -2.69. The van der Waals surface area contributed by atoms with Crippen LogP contribution >= 0.6 is 7.75 Å². The summed E-state index contributed by atoms with van der Waals surface area (Å²) in [6.45, 7) is 5.39. The van der Waals surface area contributed by atoms with Crippen LogP contribution in [0.5, 0.6) is 5.75 Å². The third-order valence-electron chi connectivity index (χ3n) is 6.31. The Kier molecular flexibility index (Phi) is 9.47. The van der Waals surface area contributed by atoms with Gasteiger partial charge in [-0.2, -0.15) is 5.09 Å². The number of H-pyrrole nitrogens is 1. The molecule has 0 amide bonds. The van der Waals surface area contributed by atoms with Gasteiger partial charge in [0.1, 0.15) is 17.6 Å². The minimum Gasteiger partial charge on any atom is -0.462 e. The van der Waals surface area contributed by atoms with Crippen LogP contribution in [0.3, 0.4) is 0 Å². The van der Waals surface area contributed by atoms with Gasteiger partial charge in [0.15, 0.2) is 11.9 Å². The van der Waals surface area contributed by atoms with E-state index in [-0.39, 0.29) is 17.7 Å². The summed E-state index contributed by atoms with van der Waals surface area (Å²) < 4.78 is 67.3. The molecular formula is C28H32F2N3O8P. The lowest BCUT2D eigenvalue weighted by Gasteiger charge is -2.24. The Morgan fingerprint density at radius 3 is 2.55 bits per heavy atom. The van der Waals surface area contributed by atoms with Crippen molar-refractivity contribution in [2.75, 3.05) is 6.61 Å². The van der Waals surface area contributed by atoms with E-state index < -0.39 is 67.5 Å². The molecule has 0 bridgehead atoms. The average Bonchev–Trinajstić information content (AvgIpc) is 3.21. The van der Waals surface area contributed by atoms with Gasteiger partial charge in [-0.15, -0.1) is 0 Å². The summed E-state index contributed by atoms with van der Waals surface area (Å²) in [5, 5.41) is 2.49. The van der Waals surface area contributed by atoms with Gasteiger partial charge in [-0.25, -0.2) is 18.1 Å². The van der Waals surface area contributed by atoms with Crippen LogP contribution in [0.15, 0.2) is 70.4 Å². The van der Waals surface area contributed by atoms with E-state index in [1.165, 1.54) is 26.0 Å². The second kappa shape index (κ2) is 12.7. The molecule has 42 heavy (non-hydrogen) atoms. The van der Waals surface area contributed by atoms with E-state index in [2.05, 4.69) is 5.09 Å². The Hall–Kier alpha value is -3.64. The van der Waals surface area contributed by atoms with Gasteiger partial charge >= 0.3 is 19.4 Å². The molecule has 5 atom stereocenters. The molecule has 2 N–H and O–H groups in total. The first-order valence-electron chi connectivity index (χ1n) is 13.2. The predicted octanol–water partition coefficient (Wildman–Crippen LogP) is 4.49. The van der Waals surface area contributed by atoms with Crippen molar-refractivity contribution in [2.24, 2.45) is 0 Å². The number of alkyl halides is 1. The number of nitrogens with zero attached hydrogens (tertiary/aromatic N) is 1. The monoisotopic (exact) mass is 607 g/mol. The Bertz CT molecular complexity index is 1580. The fourth-order valence-corrected chi connectivity index (χ4v) is 5.94. The third kappa shape index (κ3) is 7.60. The summed E-state index contributed by atoms with van der Waals surface area (Å²) in [5.74, 6) is -1.55. The van der Waals surface area contributed by atoms with Crippen molar-refractivity contribution in [3.63, 3.8) is 0 Å². The number of ether oxygens (including phenoxy) is 2. The molecule has 1 aromatic heterocycles. The molecule has 4 rings (SSSR count). The number of nitrogens with one attached hydrogen (secondary N) is 2. The van der Waals surface area contributed by atoms with Crippen LogP contribution in [0.1, 0.15) is 40.3 Å². The van der Waals surface area contributed by atoms with Crippen molar-refractivity contribution < 1.29 is 36.7 Å². The zero-order valence-electron chi connectivity index (χ0n) is 23.4. The number of hydrogen-bond donors (Lipinski definition) is 2. The summed E-state index contributed by atoms with van der Waals surface area (Å²) >= 11 is 0. The molecule has 1 aliphatic rings. The minimum absolute atomic E-state index is 0.159. The van der Waals surface area contributed by atoms with Crippen LogP contribution in [0.2, 0.25) is 0 Å². The molecule has 11 nitrogen and oxygen atoms in total. The van der Waals surface area contributed by atoms with E-state index >= 15 is 8.78 Å². The lowest BCUT2D eigenvalue weighted by molar-refractivity contribution is -0.149. The van der Waals surface area contributed by atoms with E-state index in [1.54, 1.807) is 44.2 Å². The van der Waals surface area contributed by atoms with E-state index in [4.69, 9.17) is 18.5 Å². The molecule has 0 spiro atoms. The normalized spacial score (nSPS) is 22.5. The molecule has 2 aromatic carbocycles. The summed E-state index contributed by atoms with van der Waals surface area (Å²) in [6.07, 6.45) is -2.04. The van der Waals surface area contributed by atoms with Gasteiger partial charge in [-0.3, -0.25) is 23.7 Å². The number of aromatic amines is 1. The molecule has 0 aliphatic carbocycles. The lowest BCUT2D eigenvalue weighted by Crippen LogP contribution is -2.38. The quantitative estimate of drug-likeness (QED) is 0.239. The fraction of sp³-hybridized carbons (Fsp3) is 0.393. The number of aromatic nitrogens is 2. The van der Waals surface area contributed by atoms with E-state index in [0.29, 0.717) is 5.56 Å². The molecule has 1 aliphatic heterocycles. The van der Waals surface area contributed by atoms with Crippen molar-refractivity contribution >= 4 is 13.7 Å². The fourth-order valence-electron chi connectivity index (χ4n) is 4.42. The second-order valence-electron chi connectivity index (χ2n) is 10.3. The molecule has 14 heteroatoms. The Morgan fingerprint density at radius 2 is 1.90 bits per heavy atom. The first kappa shape index (κ1) is 31.3. The molecule has 1 fully saturated rings. The SMILES string of the molecule is CC(C)OC(=O)[C@H](C)NP(=O)(OC[C@@H]1C[C@@](C)(F)[C@H](n2ccc(=O)[nH]c2=O)O1)Oc1ccc(-c2ccccc2)c(F)c1. The first-order chi connectivity index (χ1) is 19.8. The van der Waals surface area contributed by atoms with Crippen molar-refractivity contribution in [3.8, 4) is 16.9 Å². The Labute approximate surface area is 240 Å². The first-order valence-corrected chi connectivity index (χ1v) is 14.7. The predicted molar refractivity (Wildman–Crippen MR) is 149 cm³/mol. The number of rotatable bonds is 11. The van der Waals surface area contributed by atoms with Gasteiger partial charge in [0, 0.05) is 30.3 Å². The Morgan fingerprint density at radius 1 is 1.19 bits per heavy atom. The summed E-state index contributed by atoms with van der Waals surface area (Å²) in [7, 11) is -4.44. The highest BCUT2D eigenvalue weighted by atomic mass is 31.2. The second-order valence-corrected chi connectivity index (χ2v) is 12.0. The van der Waals surface area contributed by atoms with Crippen LogP contribution in [0.25, 0.3) is 11.1 Å². The number of carbonyl (C=O) groups is 1. The van der Waals surface area contributed by atoms with Gasteiger partial charge in [0.05, 0.1) is 18.8 Å². The maximum absolute atomic E-state index is 15.5. The largest absolute Gasteiger partial charge is 0.462 e. The topological polar surface area (TPSA) is 138 Å². The Balaban J connectivity index is 1.54. The standard InChI is InChI=1S/C28H32F2N3O8P/c1-17(2)39-25(35)18(3)32-42(37,41-20-10-11-22(23(29)14-20)19-8-6-5-7-9-19)38-16-21-15-28(4,30)26(40-21)33-13-12-24(34)31-27(33)36/h5-14,17-18,21,26H,15-16H2,1-4H3,(H,32,37)(H,31,34,36)/t18-,21-,26+,28+,42?/m0/s1. The molecule has 0 radical (unpaired) electrons. The summed E-state index contributed by atoms with van der Waals surface area (Å²) in [4.78, 5) is 38.1. The van der Waals surface area contributed by atoms with Crippen molar-refractivity contribution in [1.82, 2.24) is 14.6 Å². The molecule has 0 saturated carbocycles. The highest BCUT2D eigenvalue weighted by Crippen LogP contribution is 2.48.